The second-order valence-corrected chi connectivity index (χ2v) is 7.84. The van der Waals surface area contributed by atoms with Crippen LogP contribution in [0.1, 0.15) is 10.4 Å². The number of hydrogen-bond donors (Lipinski definition) is 1. The topological polar surface area (TPSA) is 67.9 Å². The summed E-state index contributed by atoms with van der Waals surface area (Å²) in [5.74, 6) is -2.42. The summed E-state index contributed by atoms with van der Waals surface area (Å²) in [5, 5.41) is 3.82. The zero-order valence-corrected chi connectivity index (χ0v) is 19.9. The van der Waals surface area contributed by atoms with E-state index >= 15 is 0 Å². The van der Waals surface area contributed by atoms with Crippen molar-refractivity contribution in [2.45, 2.75) is 13.1 Å². The van der Waals surface area contributed by atoms with E-state index in [9.17, 15) is 18.4 Å². The number of hydrogen-bond acceptors (Lipinski definition) is 3. The molecule has 176 valence electrons. The number of carbonyl (C=O) groups is 2. The van der Waals surface area contributed by atoms with Crippen molar-refractivity contribution in [3.8, 4) is 0 Å². The standard InChI is InChI=1S/C26H18F2N4O2.BrH/c27-18-10-11-19(20(28)13-18)24(33)14-31-16-32(23-9-2-1-8-22(23)31)15-25(34)30-21-7-3-5-17-6-4-12-29-26(17)21;/h1-13,16H,14-15H2;1H. The second-order valence-electron chi connectivity index (χ2n) is 7.84. The molecule has 2 heterocycles. The summed E-state index contributed by atoms with van der Waals surface area (Å²) in [7, 11) is 0. The predicted molar refractivity (Wildman–Crippen MR) is 123 cm³/mol. The van der Waals surface area contributed by atoms with E-state index in [0.717, 1.165) is 23.0 Å². The number of anilines is 1. The molecule has 0 aliphatic heterocycles. The fraction of sp³-hybridized carbons (Fsp3) is 0.0769. The molecular weight excluding hydrogens is 518 g/mol. The molecule has 5 rings (SSSR count). The molecule has 3 aromatic carbocycles. The smallest absolute Gasteiger partial charge is 0.266 e. The molecule has 0 bridgehead atoms. The Morgan fingerprint density at radius 2 is 1.77 bits per heavy atom. The van der Waals surface area contributed by atoms with Crippen molar-refractivity contribution in [2.75, 3.05) is 5.32 Å². The zero-order valence-electron chi connectivity index (χ0n) is 18.3. The maximum atomic E-state index is 14.1. The van der Waals surface area contributed by atoms with Crippen LogP contribution in [0.5, 0.6) is 0 Å². The van der Waals surface area contributed by atoms with Gasteiger partial charge in [0.1, 0.15) is 11.6 Å². The predicted octanol–water partition coefficient (Wildman–Crippen LogP) is 1.28. The number of benzene rings is 3. The van der Waals surface area contributed by atoms with Gasteiger partial charge in [0.05, 0.1) is 16.8 Å². The van der Waals surface area contributed by atoms with Gasteiger partial charge in [-0.05, 0) is 36.4 Å². The van der Waals surface area contributed by atoms with E-state index in [1.54, 1.807) is 27.7 Å². The molecule has 0 saturated heterocycles. The Bertz CT molecular complexity index is 1560. The largest absolute Gasteiger partial charge is 1.00 e. The number of para-hydroxylation sites is 3. The molecule has 0 unspecified atom stereocenters. The van der Waals surface area contributed by atoms with Gasteiger partial charge in [-0.3, -0.25) is 14.6 Å². The molecule has 35 heavy (non-hydrogen) atoms. The third-order valence-corrected chi connectivity index (χ3v) is 5.55. The van der Waals surface area contributed by atoms with Crippen LogP contribution in [0, 0.1) is 11.6 Å². The van der Waals surface area contributed by atoms with Gasteiger partial charge in [-0.15, -0.1) is 0 Å². The van der Waals surface area contributed by atoms with Gasteiger partial charge in [0.15, 0.2) is 24.1 Å². The molecule has 0 fully saturated rings. The molecule has 9 heteroatoms. The van der Waals surface area contributed by atoms with Gasteiger partial charge in [0, 0.05) is 17.6 Å². The van der Waals surface area contributed by atoms with Crippen molar-refractivity contribution in [2.24, 2.45) is 0 Å². The maximum absolute atomic E-state index is 14.1. The average molecular weight is 537 g/mol. The van der Waals surface area contributed by atoms with E-state index in [1.807, 2.05) is 48.5 Å². The van der Waals surface area contributed by atoms with Crippen molar-refractivity contribution in [1.29, 1.82) is 0 Å². The summed E-state index contributed by atoms with van der Waals surface area (Å²) >= 11 is 0. The lowest BCUT2D eigenvalue weighted by molar-refractivity contribution is -0.657. The van der Waals surface area contributed by atoms with Gasteiger partial charge in [-0.2, -0.15) is 0 Å². The number of fused-ring (bicyclic) bond motifs is 2. The van der Waals surface area contributed by atoms with Crippen LogP contribution >= 0.6 is 0 Å². The van der Waals surface area contributed by atoms with E-state index < -0.39 is 17.4 Å². The Hall–Kier alpha value is -3.98. The first kappa shape index (κ1) is 24.2. The van der Waals surface area contributed by atoms with E-state index in [-0.39, 0.29) is 41.5 Å². The Labute approximate surface area is 209 Å². The highest BCUT2D eigenvalue weighted by Gasteiger charge is 2.22. The summed E-state index contributed by atoms with van der Waals surface area (Å²) in [6.45, 7) is -0.166. The van der Waals surface area contributed by atoms with E-state index in [1.165, 1.54) is 0 Å². The lowest BCUT2D eigenvalue weighted by atomic mass is 10.1. The minimum Gasteiger partial charge on any atom is -1.00 e. The van der Waals surface area contributed by atoms with Crippen molar-refractivity contribution < 1.29 is 39.9 Å². The molecule has 1 N–H and O–H groups in total. The van der Waals surface area contributed by atoms with Crippen LogP contribution in [0.25, 0.3) is 21.9 Å². The molecule has 5 aromatic rings. The molecule has 2 aromatic heterocycles. The van der Waals surface area contributed by atoms with Gasteiger partial charge in [-0.1, -0.05) is 30.3 Å². The van der Waals surface area contributed by atoms with Crippen LogP contribution in [0.3, 0.4) is 0 Å². The van der Waals surface area contributed by atoms with Gasteiger partial charge in [0.25, 0.3) is 5.91 Å². The van der Waals surface area contributed by atoms with E-state index in [4.69, 9.17) is 0 Å². The first-order valence-corrected chi connectivity index (χ1v) is 10.6. The number of amides is 1. The Morgan fingerprint density at radius 1 is 0.971 bits per heavy atom. The number of rotatable bonds is 6. The number of Topliss-reactive ketones (excluding diaryl/α,β-unsaturated/α-hetero) is 1. The normalized spacial score (nSPS) is 10.8. The lowest BCUT2D eigenvalue weighted by Crippen LogP contribution is -3.00. The highest BCUT2D eigenvalue weighted by atomic mass is 79.9. The molecular formula is C26H19BrF2N4O2. The summed E-state index contributed by atoms with van der Waals surface area (Å²) in [4.78, 5) is 29.9. The van der Waals surface area contributed by atoms with Crippen LogP contribution in [-0.2, 0) is 17.9 Å². The van der Waals surface area contributed by atoms with Crippen molar-refractivity contribution >= 4 is 39.3 Å². The van der Waals surface area contributed by atoms with Crippen molar-refractivity contribution in [3.63, 3.8) is 0 Å². The quantitative estimate of drug-likeness (QED) is 0.262. The third kappa shape index (κ3) is 4.95. The van der Waals surface area contributed by atoms with Crippen LogP contribution in [-0.4, -0.2) is 21.2 Å². The number of ketones is 1. The van der Waals surface area contributed by atoms with Gasteiger partial charge in [0.2, 0.25) is 12.1 Å². The zero-order chi connectivity index (χ0) is 23.7. The number of carbonyl (C=O) groups excluding carboxylic acids is 2. The molecule has 0 radical (unpaired) electrons. The highest BCUT2D eigenvalue weighted by Crippen LogP contribution is 2.21. The van der Waals surface area contributed by atoms with Crippen LogP contribution in [0.4, 0.5) is 14.5 Å². The fourth-order valence-electron chi connectivity index (χ4n) is 4.00. The van der Waals surface area contributed by atoms with Gasteiger partial charge < -0.3 is 22.3 Å². The molecule has 0 atom stereocenters. The summed E-state index contributed by atoms with van der Waals surface area (Å²) in [6, 6.07) is 19.5. The number of aromatic nitrogens is 3. The third-order valence-electron chi connectivity index (χ3n) is 5.55. The Balaban J connectivity index is 0.00000289. The fourth-order valence-corrected chi connectivity index (χ4v) is 4.00. The monoisotopic (exact) mass is 536 g/mol. The first-order chi connectivity index (χ1) is 16.5. The van der Waals surface area contributed by atoms with Crippen LogP contribution < -0.4 is 26.9 Å². The highest BCUT2D eigenvalue weighted by molar-refractivity contribution is 6.00. The first-order valence-electron chi connectivity index (χ1n) is 10.6. The minimum atomic E-state index is -0.905. The molecule has 0 aliphatic carbocycles. The molecule has 1 amide bonds. The Kier molecular flexibility index (Phi) is 6.97. The van der Waals surface area contributed by atoms with Gasteiger partial charge in [-0.25, -0.2) is 17.9 Å². The molecule has 6 nitrogen and oxygen atoms in total. The van der Waals surface area contributed by atoms with Crippen molar-refractivity contribution in [1.82, 2.24) is 9.55 Å². The molecule has 0 spiro atoms. The summed E-state index contributed by atoms with van der Waals surface area (Å²) in [5.41, 5.74) is 2.55. The number of nitrogens with zero attached hydrogens (tertiary/aromatic N) is 3. The summed E-state index contributed by atoms with van der Waals surface area (Å²) in [6.07, 6.45) is 3.31. The van der Waals surface area contributed by atoms with Crippen molar-refractivity contribution in [3.05, 3.63) is 103 Å². The average Bonchev–Trinajstić information content (AvgIpc) is 3.16. The Morgan fingerprint density at radius 3 is 2.60 bits per heavy atom. The lowest BCUT2D eigenvalue weighted by Gasteiger charge is -2.07. The molecule has 0 aliphatic rings. The minimum absolute atomic E-state index is 0. The maximum Gasteiger partial charge on any atom is 0.266 e. The van der Waals surface area contributed by atoms with E-state index in [0.29, 0.717) is 22.8 Å². The summed E-state index contributed by atoms with van der Waals surface area (Å²) < 4.78 is 30.7. The number of imidazole rings is 1. The number of nitrogens with one attached hydrogen (secondary N) is 1. The second kappa shape index (κ2) is 10.1. The SMILES string of the molecule is O=C(Cn1c[n+](CC(=O)c2ccc(F)cc2F)c2ccccc21)Nc1cccc2cccnc12.[Br-]. The number of halogens is 3. The van der Waals surface area contributed by atoms with E-state index in [2.05, 4.69) is 10.3 Å². The van der Waals surface area contributed by atoms with Crippen LogP contribution in [0.15, 0.2) is 85.3 Å². The van der Waals surface area contributed by atoms with Gasteiger partial charge >= 0.3 is 0 Å². The van der Waals surface area contributed by atoms with Crippen LogP contribution in [0.2, 0.25) is 0 Å². The number of pyridine rings is 1. The molecule has 0 saturated carbocycles.